The summed E-state index contributed by atoms with van der Waals surface area (Å²) in [5.74, 6) is 0.174. The molecule has 4 rings (SSSR count). The van der Waals surface area contributed by atoms with E-state index in [1.807, 2.05) is 30.5 Å². The summed E-state index contributed by atoms with van der Waals surface area (Å²) in [6.45, 7) is 5.33. The Morgan fingerprint density at radius 2 is 2.11 bits per heavy atom. The predicted octanol–water partition coefficient (Wildman–Crippen LogP) is 4.01. The van der Waals surface area contributed by atoms with E-state index in [1.165, 1.54) is 21.9 Å². The molecular weight excluding hydrogens is 360 g/mol. The van der Waals surface area contributed by atoms with E-state index in [-0.39, 0.29) is 11.1 Å². The Labute approximate surface area is 160 Å². The zero-order chi connectivity index (χ0) is 19.0. The molecule has 0 spiro atoms. The zero-order valence-electron chi connectivity index (χ0n) is 15.2. The Kier molecular flexibility index (Phi) is 4.53. The minimum Gasteiger partial charge on any atom is -0.347 e. The first-order valence-corrected chi connectivity index (χ1v) is 9.76. The highest BCUT2D eigenvalue weighted by molar-refractivity contribution is 7.15. The SMILES string of the molecule is CC(C)CCn1ccc2c(NC(=O)c3cnc4sccn4c3=O)cccc21. The first-order valence-electron chi connectivity index (χ1n) is 8.88. The average molecular weight is 380 g/mol. The molecule has 0 aliphatic rings. The maximum Gasteiger partial charge on any atom is 0.271 e. The summed E-state index contributed by atoms with van der Waals surface area (Å²) in [7, 11) is 0. The van der Waals surface area contributed by atoms with Crippen LogP contribution in [0.3, 0.4) is 0 Å². The fraction of sp³-hybridized carbons (Fsp3) is 0.250. The molecule has 4 aromatic rings. The largest absolute Gasteiger partial charge is 0.347 e. The molecule has 0 radical (unpaired) electrons. The number of nitrogens with zero attached hydrogens (tertiary/aromatic N) is 3. The number of aryl methyl sites for hydroxylation is 1. The molecule has 0 saturated carbocycles. The van der Waals surface area contributed by atoms with Crippen LogP contribution >= 0.6 is 11.3 Å². The van der Waals surface area contributed by atoms with Gasteiger partial charge in [-0.05, 0) is 30.5 Å². The third kappa shape index (κ3) is 3.26. The van der Waals surface area contributed by atoms with Crippen LogP contribution in [0.25, 0.3) is 15.9 Å². The van der Waals surface area contributed by atoms with Gasteiger partial charge in [0, 0.05) is 35.9 Å². The van der Waals surface area contributed by atoms with E-state index in [1.54, 1.807) is 11.6 Å². The topological polar surface area (TPSA) is 68.4 Å². The van der Waals surface area contributed by atoms with Gasteiger partial charge >= 0.3 is 0 Å². The first-order chi connectivity index (χ1) is 13.0. The second-order valence-corrected chi connectivity index (χ2v) is 7.79. The molecule has 0 unspecified atom stereocenters. The van der Waals surface area contributed by atoms with Crippen molar-refractivity contribution in [2.45, 2.75) is 26.8 Å². The van der Waals surface area contributed by atoms with E-state index in [9.17, 15) is 9.59 Å². The molecule has 0 aliphatic heterocycles. The molecule has 138 valence electrons. The van der Waals surface area contributed by atoms with Gasteiger partial charge in [-0.3, -0.25) is 14.0 Å². The number of nitrogens with one attached hydrogen (secondary N) is 1. The van der Waals surface area contributed by atoms with Crippen LogP contribution in [-0.4, -0.2) is 19.9 Å². The van der Waals surface area contributed by atoms with E-state index >= 15 is 0 Å². The molecule has 0 saturated heterocycles. The van der Waals surface area contributed by atoms with Crippen LogP contribution in [0.5, 0.6) is 0 Å². The first kappa shape index (κ1) is 17.5. The summed E-state index contributed by atoms with van der Waals surface area (Å²) in [6.07, 6.45) is 6.10. The Hall–Kier alpha value is -2.93. The van der Waals surface area contributed by atoms with Gasteiger partial charge in [-0.2, -0.15) is 0 Å². The lowest BCUT2D eigenvalue weighted by Gasteiger charge is -2.10. The monoisotopic (exact) mass is 380 g/mol. The lowest BCUT2D eigenvalue weighted by Crippen LogP contribution is -2.25. The van der Waals surface area contributed by atoms with Gasteiger partial charge in [0.2, 0.25) is 0 Å². The van der Waals surface area contributed by atoms with Crippen molar-refractivity contribution in [3.63, 3.8) is 0 Å². The van der Waals surface area contributed by atoms with Crippen LogP contribution in [0.2, 0.25) is 0 Å². The van der Waals surface area contributed by atoms with Gasteiger partial charge in [0.1, 0.15) is 5.56 Å². The molecule has 0 atom stereocenters. The summed E-state index contributed by atoms with van der Waals surface area (Å²) in [6, 6.07) is 7.80. The second-order valence-electron chi connectivity index (χ2n) is 6.92. The number of rotatable bonds is 5. The smallest absolute Gasteiger partial charge is 0.271 e. The van der Waals surface area contributed by atoms with E-state index in [4.69, 9.17) is 0 Å². The number of fused-ring (bicyclic) bond motifs is 2. The van der Waals surface area contributed by atoms with E-state index in [2.05, 4.69) is 28.7 Å². The van der Waals surface area contributed by atoms with Crippen molar-refractivity contribution in [3.05, 3.63) is 64.2 Å². The van der Waals surface area contributed by atoms with Crippen molar-refractivity contribution in [3.8, 4) is 0 Å². The van der Waals surface area contributed by atoms with Gasteiger partial charge in [0.15, 0.2) is 4.96 Å². The number of carbonyl (C=O) groups is 1. The fourth-order valence-corrected chi connectivity index (χ4v) is 3.77. The summed E-state index contributed by atoms with van der Waals surface area (Å²) in [4.78, 5) is 30.0. The van der Waals surface area contributed by atoms with Gasteiger partial charge in [-0.25, -0.2) is 4.98 Å². The Bertz CT molecular complexity index is 1190. The molecule has 27 heavy (non-hydrogen) atoms. The molecule has 7 heteroatoms. The number of carbonyl (C=O) groups excluding carboxylic acids is 1. The van der Waals surface area contributed by atoms with Gasteiger partial charge in [-0.1, -0.05) is 19.9 Å². The van der Waals surface area contributed by atoms with Gasteiger partial charge in [0.25, 0.3) is 11.5 Å². The number of anilines is 1. The highest BCUT2D eigenvalue weighted by atomic mass is 32.1. The number of hydrogen-bond acceptors (Lipinski definition) is 4. The summed E-state index contributed by atoms with van der Waals surface area (Å²) >= 11 is 1.35. The maximum atomic E-state index is 12.7. The van der Waals surface area contributed by atoms with Crippen molar-refractivity contribution in [2.24, 2.45) is 5.92 Å². The normalized spacial score (nSPS) is 11.5. The summed E-state index contributed by atoms with van der Waals surface area (Å²) < 4.78 is 3.58. The molecule has 3 heterocycles. The van der Waals surface area contributed by atoms with Crippen LogP contribution in [0.15, 0.2) is 53.0 Å². The number of aromatic nitrogens is 3. The molecule has 3 aromatic heterocycles. The van der Waals surface area contributed by atoms with Crippen LogP contribution in [0, 0.1) is 5.92 Å². The molecule has 1 N–H and O–H groups in total. The highest BCUT2D eigenvalue weighted by Crippen LogP contribution is 2.25. The standard InChI is InChI=1S/C20H20N4O2S/c1-13(2)6-8-23-9-7-14-16(4-3-5-17(14)23)22-18(25)15-12-21-20-24(19(15)26)10-11-27-20/h3-5,7,9-13H,6,8H2,1-2H3,(H,22,25). The summed E-state index contributed by atoms with van der Waals surface area (Å²) in [5.41, 5.74) is 1.43. The second kappa shape index (κ2) is 7.00. The minimum atomic E-state index is -0.449. The number of amides is 1. The Morgan fingerprint density at radius 1 is 1.26 bits per heavy atom. The van der Waals surface area contributed by atoms with E-state index in [0.29, 0.717) is 16.6 Å². The fourth-order valence-electron chi connectivity index (χ4n) is 3.09. The Balaban J connectivity index is 1.65. The van der Waals surface area contributed by atoms with Gasteiger partial charge in [-0.15, -0.1) is 11.3 Å². The van der Waals surface area contributed by atoms with Crippen LogP contribution in [0.1, 0.15) is 30.6 Å². The highest BCUT2D eigenvalue weighted by Gasteiger charge is 2.15. The van der Waals surface area contributed by atoms with Crippen molar-refractivity contribution < 1.29 is 4.79 Å². The molecule has 1 amide bonds. The quantitative estimate of drug-likeness (QED) is 0.569. The molecule has 0 fully saturated rings. The van der Waals surface area contributed by atoms with Gasteiger partial charge < -0.3 is 9.88 Å². The molecular formula is C20H20N4O2S. The van der Waals surface area contributed by atoms with Crippen LogP contribution < -0.4 is 10.9 Å². The number of hydrogen-bond donors (Lipinski definition) is 1. The molecule has 0 aliphatic carbocycles. The minimum absolute atomic E-state index is 0.0298. The lowest BCUT2D eigenvalue weighted by molar-refractivity contribution is 0.102. The number of benzene rings is 1. The van der Waals surface area contributed by atoms with Crippen molar-refractivity contribution in [1.29, 1.82) is 0 Å². The van der Waals surface area contributed by atoms with E-state index < -0.39 is 5.91 Å². The predicted molar refractivity (Wildman–Crippen MR) is 109 cm³/mol. The molecule has 1 aromatic carbocycles. The van der Waals surface area contributed by atoms with Crippen molar-refractivity contribution >= 4 is 38.8 Å². The van der Waals surface area contributed by atoms with Crippen LogP contribution in [0.4, 0.5) is 5.69 Å². The van der Waals surface area contributed by atoms with Crippen molar-refractivity contribution in [2.75, 3.05) is 5.32 Å². The molecule has 0 bridgehead atoms. The summed E-state index contributed by atoms with van der Waals surface area (Å²) in [5, 5.41) is 5.60. The van der Waals surface area contributed by atoms with E-state index in [0.717, 1.165) is 23.9 Å². The van der Waals surface area contributed by atoms with Gasteiger partial charge in [0.05, 0.1) is 11.2 Å². The van der Waals surface area contributed by atoms with Crippen molar-refractivity contribution in [1.82, 2.24) is 14.0 Å². The van der Waals surface area contributed by atoms with Crippen LogP contribution in [-0.2, 0) is 6.54 Å². The zero-order valence-corrected chi connectivity index (χ0v) is 16.0. The third-order valence-electron chi connectivity index (χ3n) is 4.60. The third-order valence-corrected chi connectivity index (χ3v) is 5.37. The molecule has 6 nitrogen and oxygen atoms in total. The number of thiazole rings is 1. The Morgan fingerprint density at radius 3 is 2.93 bits per heavy atom. The average Bonchev–Trinajstić information content (AvgIpc) is 3.28. The maximum absolute atomic E-state index is 12.7. The lowest BCUT2D eigenvalue weighted by atomic mass is 10.1.